The number of nitrogen functional groups attached to an aromatic ring is 1. The Bertz CT molecular complexity index is 454. The van der Waals surface area contributed by atoms with E-state index in [1.807, 2.05) is 17.0 Å². The molecule has 17 heavy (non-hydrogen) atoms. The molecule has 0 unspecified atom stereocenters. The van der Waals surface area contributed by atoms with Gasteiger partial charge >= 0.3 is 6.03 Å². The van der Waals surface area contributed by atoms with Crippen molar-refractivity contribution in [2.45, 2.75) is 31.8 Å². The molecule has 4 heteroatoms. The zero-order valence-electron chi connectivity index (χ0n) is 9.78. The Morgan fingerprint density at radius 2 is 2.18 bits per heavy atom. The van der Waals surface area contributed by atoms with Crippen LogP contribution in [0.5, 0.6) is 0 Å². The average molecular weight is 231 g/mol. The van der Waals surface area contributed by atoms with Crippen molar-refractivity contribution in [2.24, 2.45) is 0 Å². The molecule has 2 aliphatic rings. The van der Waals surface area contributed by atoms with Crippen LogP contribution in [-0.2, 0) is 13.0 Å². The van der Waals surface area contributed by atoms with Gasteiger partial charge in [0.15, 0.2) is 0 Å². The first-order valence-corrected chi connectivity index (χ1v) is 6.15. The maximum Gasteiger partial charge on any atom is 0.317 e. The fourth-order valence-corrected chi connectivity index (χ4v) is 2.24. The SMILES string of the molecule is Nc1ccc2c(c1)CN(C(=O)NC1CC1)CC2. The number of amides is 2. The molecular weight excluding hydrogens is 214 g/mol. The van der Waals surface area contributed by atoms with Crippen LogP contribution < -0.4 is 11.1 Å². The van der Waals surface area contributed by atoms with Crippen LogP contribution in [-0.4, -0.2) is 23.5 Å². The van der Waals surface area contributed by atoms with E-state index in [9.17, 15) is 4.79 Å². The van der Waals surface area contributed by atoms with Gasteiger partial charge in [0.2, 0.25) is 0 Å². The first-order chi connectivity index (χ1) is 8.22. The third kappa shape index (κ3) is 2.20. The number of nitrogens with two attached hydrogens (primary N) is 1. The Hall–Kier alpha value is -1.71. The number of hydrogen-bond acceptors (Lipinski definition) is 2. The number of rotatable bonds is 1. The molecule has 4 nitrogen and oxygen atoms in total. The van der Waals surface area contributed by atoms with E-state index < -0.39 is 0 Å². The smallest absolute Gasteiger partial charge is 0.317 e. The number of benzene rings is 1. The monoisotopic (exact) mass is 231 g/mol. The standard InChI is InChI=1S/C13H17N3O/c14-11-2-1-9-5-6-16(8-10(9)7-11)13(17)15-12-3-4-12/h1-2,7,12H,3-6,8,14H2,(H,15,17). The molecule has 1 aromatic rings. The van der Waals surface area contributed by atoms with Crippen LogP contribution in [0.3, 0.4) is 0 Å². The van der Waals surface area contributed by atoms with Gasteiger partial charge in [-0.3, -0.25) is 0 Å². The van der Waals surface area contributed by atoms with Crippen molar-refractivity contribution >= 4 is 11.7 Å². The second kappa shape index (κ2) is 3.95. The predicted molar refractivity (Wildman–Crippen MR) is 66.5 cm³/mol. The molecule has 0 saturated heterocycles. The number of fused-ring (bicyclic) bond motifs is 1. The number of anilines is 1. The molecule has 0 radical (unpaired) electrons. The topological polar surface area (TPSA) is 58.4 Å². The van der Waals surface area contributed by atoms with Crippen molar-refractivity contribution < 1.29 is 4.79 Å². The van der Waals surface area contributed by atoms with Gasteiger partial charge in [0.05, 0.1) is 0 Å². The van der Waals surface area contributed by atoms with Crippen LogP contribution in [0, 0.1) is 0 Å². The summed E-state index contributed by atoms with van der Waals surface area (Å²) in [6, 6.07) is 6.47. The first kappa shape index (κ1) is 10.4. The summed E-state index contributed by atoms with van der Waals surface area (Å²) in [4.78, 5) is 13.8. The maximum atomic E-state index is 11.9. The molecule has 1 fully saturated rings. The number of nitrogens with one attached hydrogen (secondary N) is 1. The summed E-state index contributed by atoms with van der Waals surface area (Å²) in [5, 5.41) is 3.02. The van der Waals surface area contributed by atoms with Crippen molar-refractivity contribution in [1.29, 1.82) is 0 Å². The van der Waals surface area contributed by atoms with Gasteiger partial charge < -0.3 is 16.0 Å². The van der Waals surface area contributed by atoms with Crippen molar-refractivity contribution in [1.82, 2.24) is 10.2 Å². The quantitative estimate of drug-likeness (QED) is 0.720. The first-order valence-electron chi connectivity index (χ1n) is 6.15. The highest BCUT2D eigenvalue weighted by atomic mass is 16.2. The Morgan fingerprint density at radius 3 is 2.94 bits per heavy atom. The van der Waals surface area contributed by atoms with Gasteiger partial charge in [-0.25, -0.2) is 4.79 Å². The van der Waals surface area contributed by atoms with E-state index >= 15 is 0 Å². The van der Waals surface area contributed by atoms with E-state index in [4.69, 9.17) is 5.73 Å². The molecule has 1 aliphatic carbocycles. The second-order valence-corrected chi connectivity index (χ2v) is 4.92. The van der Waals surface area contributed by atoms with Gasteiger partial charge in [0.1, 0.15) is 0 Å². The molecule has 0 aromatic heterocycles. The molecule has 0 bridgehead atoms. The van der Waals surface area contributed by atoms with Crippen LogP contribution in [0.1, 0.15) is 24.0 Å². The third-order valence-electron chi connectivity index (χ3n) is 3.43. The van der Waals surface area contributed by atoms with E-state index in [1.165, 1.54) is 11.1 Å². The fourth-order valence-electron chi connectivity index (χ4n) is 2.24. The highest BCUT2D eigenvalue weighted by Gasteiger charge is 2.27. The largest absolute Gasteiger partial charge is 0.399 e. The van der Waals surface area contributed by atoms with E-state index in [0.717, 1.165) is 31.5 Å². The Balaban J connectivity index is 1.72. The third-order valence-corrected chi connectivity index (χ3v) is 3.43. The lowest BCUT2D eigenvalue weighted by Crippen LogP contribution is -2.43. The minimum absolute atomic E-state index is 0.0700. The summed E-state index contributed by atoms with van der Waals surface area (Å²) in [7, 11) is 0. The molecule has 0 spiro atoms. The molecule has 1 aliphatic heterocycles. The Kier molecular flexibility index (Phi) is 2.42. The Morgan fingerprint density at radius 1 is 1.35 bits per heavy atom. The minimum atomic E-state index is 0.0700. The number of nitrogens with zero attached hydrogens (tertiary/aromatic N) is 1. The Labute approximate surface area is 101 Å². The summed E-state index contributed by atoms with van der Waals surface area (Å²) in [6.45, 7) is 1.48. The normalized spacial score (nSPS) is 18.7. The van der Waals surface area contributed by atoms with Crippen LogP contribution in [0.25, 0.3) is 0 Å². The minimum Gasteiger partial charge on any atom is -0.399 e. The summed E-state index contributed by atoms with van der Waals surface area (Å²) in [6.07, 6.45) is 3.18. The highest BCUT2D eigenvalue weighted by molar-refractivity contribution is 5.75. The van der Waals surface area contributed by atoms with E-state index in [0.29, 0.717) is 12.6 Å². The van der Waals surface area contributed by atoms with E-state index in [2.05, 4.69) is 11.4 Å². The summed E-state index contributed by atoms with van der Waals surface area (Å²) in [5.41, 5.74) is 9.04. The number of urea groups is 1. The number of carbonyl (C=O) groups is 1. The van der Waals surface area contributed by atoms with Crippen LogP contribution in [0.15, 0.2) is 18.2 Å². The highest BCUT2D eigenvalue weighted by Crippen LogP contribution is 2.23. The zero-order chi connectivity index (χ0) is 11.8. The number of carbonyl (C=O) groups excluding carboxylic acids is 1. The molecule has 90 valence electrons. The molecule has 1 heterocycles. The lowest BCUT2D eigenvalue weighted by molar-refractivity contribution is 0.192. The summed E-state index contributed by atoms with van der Waals surface area (Å²) < 4.78 is 0. The molecule has 0 atom stereocenters. The van der Waals surface area contributed by atoms with E-state index in [1.54, 1.807) is 0 Å². The van der Waals surface area contributed by atoms with Crippen molar-refractivity contribution in [3.8, 4) is 0 Å². The van der Waals surface area contributed by atoms with Crippen LogP contribution in [0.2, 0.25) is 0 Å². The van der Waals surface area contributed by atoms with Crippen molar-refractivity contribution in [2.75, 3.05) is 12.3 Å². The van der Waals surface area contributed by atoms with Gasteiger partial charge in [-0.2, -0.15) is 0 Å². The molecule has 1 saturated carbocycles. The summed E-state index contributed by atoms with van der Waals surface area (Å²) in [5.74, 6) is 0. The van der Waals surface area contributed by atoms with E-state index in [-0.39, 0.29) is 6.03 Å². The molecule has 1 aromatic carbocycles. The van der Waals surface area contributed by atoms with Gasteiger partial charge in [-0.05, 0) is 42.5 Å². The van der Waals surface area contributed by atoms with Gasteiger partial charge in [0, 0.05) is 24.8 Å². The summed E-state index contributed by atoms with van der Waals surface area (Å²) >= 11 is 0. The second-order valence-electron chi connectivity index (χ2n) is 4.92. The van der Waals surface area contributed by atoms with Crippen LogP contribution >= 0.6 is 0 Å². The lowest BCUT2D eigenvalue weighted by atomic mass is 9.99. The van der Waals surface area contributed by atoms with Crippen molar-refractivity contribution in [3.05, 3.63) is 29.3 Å². The number of hydrogen-bond donors (Lipinski definition) is 2. The lowest BCUT2D eigenvalue weighted by Gasteiger charge is -2.29. The zero-order valence-corrected chi connectivity index (χ0v) is 9.78. The fraction of sp³-hybridized carbons (Fsp3) is 0.462. The van der Waals surface area contributed by atoms with Gasteiger partial charge in [0.25, 0.3) is 0 Å². The predicted octanol–water partition coefficient (Wildman–Crippen LogP) is 1.50. The van der Waals surface area contributed by atoms with Crippen molar-refractivity contribution in [3.63, 3.8) is 0 Å². The average Bonchev–Trinajstić information content (AvgIpc) is 3.12. The molecule has 3 rings (SSSR count). The molecular formula is C13H17N3O. The molecule has 2 amide bonds. The van der Waals surface area contributed by atoms with Gasteiger partial charge in [-0.1, -0.05) is 6.07 Å². The van der Waals surface area contributed by atoms with Crippen LogP contribution in [0.4, 0.5) is 10.5 Å². The molecule has 3 N–H and O–H groups in total. The van der Waals surface area contributed by atoms with Gasteiger partial charge in [-0.15, -0.1) is 0 Å². The maximum absolute atomic E-state index is 11.9.